The predicted octanol–water partition coefficient (Wildman–Crippen LogP) is 4.34. The number of rotatable bonds is 3. The normalized spacial score (nSPS) is 10.3. The molecule has 0 amide bonds. The molecule has 0 fully saturated rings. The molecule has 87 valence electrons. The van der Waals surface area contributed by atoms with Crippen molar-refractivity contribution < 1.29 is 9.13 Å². The van der Waals surface area contributed by atoms with Gasteiger partial charge >= 0.3 is 0 Å². The summed E-state index contributed by atoms with van der Waals surface area (Å²) in [6.45, 7) is 2.33. The van der Waals surface area contributed by atoms with E-state index < -0.39 is 0 Å². The van der Waals surface area contributed by atoms with Crippen LogP contribution in [0, 0.1) is 11.9 Å². The van der Waals surface area contributed by atoms with Crippen molar-refractivity contribution >= 4 is 11.6 Å². The molecule has 0 aliphatic heterocycles. The Balaban J connectivity index is 2.61. The van der Waals surface area contributed by atoms with Gasteiger partial charge in [-0.25, -0.2) is 4.39 Å². The van der Waals surface area contributed by atoms with Crippen LogP contribution in [0.2, 0.25) is 5.02 Å². The second kappa shape index (κ2) is 5.19. The molecule has 0 saturated carbocycles. The summed E-state index contributed by atoms with van der Waals surface area (Å²) in [5.41, 5.74) is 0.979. The number of halogens is 2. The summed E-state index contributed by atoms with van der Waals surface area (Å²) >= 11 is 6.03. The molecule has 2 aromatic carbocycles. The zero-order valence-electron chi connectivity index (χ0n) is 9.34. The Bertz CT molecular complexity index is 525. The van der Waals surface area contributed by atoms with Crippen LogP contribution in [0.1, 0.15) is 6.92 Å². The van der Waals surface area contributed by atoms with Crippen LogP contribution in [0.25, 0.3) is 11.1 Å². The third kappa shape index (κ3) is 2.42. The lowest BCUT2D eigenvalue weighted by molar-refractivity contribution is 0.340. The van der Waals surface area contributed by atoms with Crippen LogP contribution in [0.3, 0.4) is 0 Å². The van der Waals surface area contributed by atoms with Crippen LogP contribution in [-0.4, -0.2) is 6.61 Å². The fourth-order valence-electron chi connectivity index (χ4n) is 1.65. The lowest BCUT2D eigenvalue weighted by Gasteiger charge is -2.12. The summed E-state index contributed by atoms with van der Waals surface area (Å²) in [7, 11) is 0. The van der Waals surface area contributed by atoms with Gasteiger partial charge in [0.15, 0.2) is 0 Å². The number of benzene rings is 2. The van der Waals surface area contributed by atoms with Gasteiger partial charge in [-0.15, -0.1) is 0 Å². The van der Waals surface area contributed by atoms with E-state index in [1.54, 1.807) is 30.3 Å². The van der Waals surface area contributed by atoms with E-state index in [4.69, 9.17) is 16.3 Å². The van der Waals surface area contributed by atoms with Gasteiger partial charge in [-0.2, -0.15) is 0 Å². The van der Waals surface area contributed by atoms with Gasteiger partial charge in [0.2, 0.25) is 0 Å². The molecule has 2 aromatic rings. The van der Waals surface area contributed by atoms with Crippen molar-refractivity contribution in [3.63, 3.8) is 0 Å². The molecule has 0 spiro atoms. The minimum atomic E-state index is -0.350. The molecule has 0 unspecified atom stereocenters. The molecule has 0 N–H and O–H groups in total. The van der Waals surface area contributed by atoms with Gasteiger partial charge in [0, 0.05) is 11.6 Å². The molecule has 2 rings (SSSR count). The summed E-state index contributed by atoms with van der Waals surface area (Å²) in [5.74, 6) is 0.145. The Morgan fingerprint density at radius 2 is 2.12 bits per heavy atom. The predicted molar refractivity (Wildman–Crippen MR) is 66.9 cm³/mol. The fourth-order valence-corrected chi connectivity index (χ4v) is 1.87. The van der Waals surface area contributed by atoms with Crippen LogP contribution in [-0.2, 0) is 0 Å². The highest BCUT2D eigenvalue weighted by Crippen LogP contribution is 2.36. The van der Waals surface area contributed by atoms with Crippen molar-refractivity contribution in [2.75, 3.05) is 6.61 Å². The third-order valence-electron chi connectivity index (χ3n) is 2.35. The minimum absolute atomic E-state index is 0.350. The Kier molecular flexibility index (Phi) is 3.64. The van der Waals surface area contributed by atoms with E-state index in [-0.39, 0.29) is 5.82 Å². The molecule has 0 aliphatic rings. The molecule has 0 atom stereocenters. The second-order valence-electron chi connectivity index (χ2n) is 3.44. The van der Waals surface area contributed by atoms with E-state index in [0.717, 1.165) is 0 Å². The number of ether oxygens (including phenoxy) is 1. The Morgan fingerprint density at radius 3 is 2.82 bits per heavy atom. The molecule has 0 aliphatic carbocycles. The van der Waals surface area contributed by atoms with Gasteiger partial charge in [-0.3, -0.25) is 0 Å². The summed E-state index contributed by atoms with van der Waals surface area (Å²) in [6, 6.07) is 12.8. The fraction of sp³-hybridized carbons (Fsp3) is 0.143. The first kappa shape index (κ1) is 11.9. The van der Waals surface area contributed by atoms with Gasteiger partial charge in [0.05, 0.1) is 17.2 Å². The Morgan fingerprint density at radius 1 is 1.29 bits per heavy atom. The van der Waals surface area contributed by atoms with Crippen molar-refractivity contribution in [1.29, 1.82) is 0 Å². The topological polar surface area (TPSA) is 9.23 Å². The molecule has 1 radical (unpaired) electrons. The van der Waals surface area contributed by atoms with Crippen molar-refractivity contribution in [3.05, 3.63) is 53.3 Å². The van der Waals surface area contributed by atoms with Gasteiger partial charge < -0.3 is 4.74 Å². The highest BCUT2D eigenvalue weighted by atomic mass is 35.5. The molecule has 17 heavy (non-hydrogen) atoms. The van der Waals surface area contributed by atoms with Crippen LogP contribution < -0.4 is 4.74 Å². The average molecular weight is 250 g/mol. The zero-order chi connectivity index (χ0) is 12.3. The maximum atomic E-state index is 13.9. The molecule has 0 saturated heterocycles. The van der Waals surface area contributed by atoms with Crippen molar-refractivity contribution in [3.8, 4) is 16.9 Å². The third-order valence-corrected chi connectivity index (χ3v) is 2.66. The minimum Gasteiger partial charge on any atom is -0.493 e. The van der Waals surface area contributed by atoms with Gasteiger partial charge in [-0.1, -0.05) is 35.9 Å². The lowest BCUT2D eigenvalue weighted by atomic mass is 10.0. The SMILES string of the molecule is CCOc1cccc(F)c1-c1ccc[c]c1Cl. The molecule has 1 nitrogen and oxygen atoms in total. The molecule has 0 aromatic heterocycles. The van der Waals surface area contributed by atoms with E-state index in [0.29, 0.717) is 28.5 Å². The highest BCUT2D eigenvalue weighted by molar-refractivity contribution is 6.33. The van der Waals surface area contributed by atoms with Crippen molar-refractivity contribution in [2.45, 2.75) is 6.92 Å². The van der Waals surface area contributed by atoms with Crippen molar-refractivity contribution in [2.24, 2.45) is 0 Å². The van der Waals surface area contributed by atoms with Crippen LogP contribution >= 0.6 is 11.6 Å². The highest BCUT2D eigenvalue weighted by Gasteiger charge is 2.14. The summed E-state index contributed by atoms with van der Waals surface area (Å²) in [5, 5.41) is 0.388. The summed E-state index contributed by atoms with van der Waals surface area (Å²) < 4.78 is 19.3. The van der Waals surface area contributed by atoms with E-state index >= 15 is 0 Å². The Hall–Kier alpha value is -1.54. The van der Waals surface area contributed by atoms with Gasteiger partial charge in [0.1, 0.15) is 11.6 Å². The maximum Gasteiger partial charge on any atom is 0.134 e. The zero-order valence-corrected chi connectivity index (χ0v) is 10.1. The Labute approximate surface area is 105 Å². The average Bonchev–Trinajstić information content (AvgIpc) is 2.31. The molecular formula is C14H11ClFO. The standard InChI is InChI=1S/C14H11ClFO/c1-2-17-13-9-5-8-12(16)14(13)10-6-3-4-7-11(10)15/h3-6,8-9H,2H2,1H3. The molecule has 0 bridgehead atoms. The second-order valence-corrected chi connectivity index (χ2v) is 3.82. The van der Waals surface area contributed by atoms with Crippen molar-refractivity contribution in [1.82, 2.24) is 0 Å². The molecule has 0 heterocycles. The largest absolute Gasteiger partial charge is 0.493 e. The van der Waals surface area contributed by atoms with Gasteiger partial charge in [0.25, 0.3) is 0 Å². The van der Waals surface area contributed by atoms with E-state index in [1.807, 2.05) is 6.92 Å². The van der Waals surface area contributed by atoms with E-state index in [9.17, 15) is 4.39 Å². The van der Waals surface area contributed by atoms with Crippen LogP contribution in [0.4, 0.5) is 4.39 Å². The number of hydrogen-bond donors (Lipinski definition) is 0. The van der Waals surface area contributed by atoms with Crippen LogP contribution in [0.15, 0.2) is 36.4 Å². The first-order valence-electron chi connectivity index (χ1n) is 5.32. The first-order chi connectivity index (χ1) is 8.24. The van der Waals surface area contributed by atoms with E-state index in [2.05, 4.69) is 6.07 Å². The number of hydrogen-bond acceptors (Lipinski definition) is 1. The quantitative estimate of drug-likeness (QED) is 0.786. The van der Waals surface area contributed by atoms with Crippen LogP contribution in [0.5, 0.6) is 5.75 Å². The summed E-state index contributed by atoms with van der Waals surface area (Å²) in [6.07, 6.45) is 0. The monoisotopic (exact) mass is 249 g/mol. The lowest BCUT2D eigenvalue weighted by Crippen LogP contribution is -1.96. The summed E-state index contributed by atoms with van der Waals surface area (Å²) in [4.78, 5) is 0. The van der Waals surface area contributed by atoms with Gasteiger partial charge in [-0.05, 0) is 19.1 Å². The molecule has 3 heteroatoms. The smallest absolute Gasteiger partial charge is 0.134 e. The molecular weight excluding hydrogens is 239 g/mol. The van der Waals surface area contributed by atoms with E-state index in [1.165, 1.54) is 6.07 Å². The first-order valence-corrected chi connectivity index (χ1v) is 5.69. The maximum absolute atomic E-state index is 13.9.